The van der Waals surface area contributed by atoms with Crippen LogP contribution in [0, 0.1) is 0 Å². The van der Waals surface area contributed by atoms with E-state index in [1.807, 2.05) is 13.8 Å². The second-order valence-corrected chi connectivity index (χ2v) is 2.88. The van der Waals surface area contributed by atoms with E-state index in [4.69, 9.17) is 0 Å². The number of carbonyl (C=O) groups excluding carboxylic acids is 1. The van der Waals surface area contributed by atoms with Crippen molar-refractivity contribution in [1.82, 2.24) is 9.80 Å². The lowest BCUT2D eigenvalue weighted by Gasteiger charge is -2.24. The molecule has 0 rings (SSSR count). The lowest BCUT2D eigenvalue weighted by Crippen LogP contribution is -2.40. The van der Waals surface area contributed by atoms with Crippen molar-refractivity contribution in [1.29, 1.82) is 0 Å². The molecule has 0 aromatic heterocycles. The first-order valence-electron chi connectivity index (χ1n) is 3.41. The Balaban J connectivity index is 3.95. The summed E-state index contributed by atoms with van der Waals surface area (Å²) in [5.74, 6) is 0. The third-order valence-corrected chi connectivity index (χ3v) is 1.46. The van der Waals surface area contributed by atoms with Crippen molar-refractivity contribution in [2.45, 2.75) is 19.9 Å². The number of rotatable bonds is 1. The molecule has 0 aromatic rings. The number of urea groups is 1. The van der Waals surface area contributed by atoms with Crippen molar-refractivity contribution in [3.8, 4) is 0 Å². The molecule has 0 aliphatic rings. The van der Waals surface area contributed by atoms with Gasteiger partial charge in [0, 0.05) is 27.2 Å². The van der Waals surface area contributed by atoms with Gasteiger partial charge in [-0.2, -0.15) is 0 Å². The average molecular weight is 144 g/mol. The summed E-state index contributed by atoms with van der Waals surface area (Å²) in [5.41, 5.74) is 0. The largest absolute Gasteiger partial charge is 0.331 e. The van der Waals surface area contributed by atoms with Gasteiger partial charge in [0.1, 0.15) is 0 Å². The van der Waals surface area contributed by atoms with Crippen molar-refractivity contribution >= 4 is 6.03 Å². The van der Waals surface area contributed by atoms with E-state index in [0.717, 1.165) is 0 Å². The van der Waals surface area contributed by atoms with Crippen LogP contribution in [-0.4, -0.2) is 43.0 Å². The van der Waals surface area contributed by atoms with Crippen LogP contribution in [-0.2, 0) is 0 Å². The molecule has 10 heavy (non-hydrogen) atoms. The van der Waals surface area contributed by atoms with Crippen LogP contribution in [0.15, 0.2) is 0 Å². The predicted octanol–water partition coefficient (Wildman–Crippen LogP) is 1.01. The standard InChI is InChI=1S/C7H16N2O/c1-6(2)9(5)7(10)8(3)4/h6H,1-5H3. The third-order valence-electron chi connectivity index (χ3n) is 1.46. The van der Waals surface area contributed by atoms with Gasteiger partial charge in [-0.25, -0.2) is 4.79 Å². The number of carbonyl (C=O) groups is 1. The summed E-state index contributed by atoms with van der Waals surface area (Å²) in [7, 11) is 5.30. The number of nitrogens with zero attached hydrogens (tertiary/aromatic N) is 2. The minimum atomic E-state index is 0.0509. The minimum Gasteiger partial charge on any atom is -0.331 e. The Morgan fingerprint density at radius 1 is 1.20 bits per heavy atom. The molecule has 3 nitrogen and oxygen atoms in total. The smallest absolute Gasteiger partial charge is 0.319 e. The van der Waals surface area contributed by atoms with Crippen molar-refractivity contribution in [2.75, 3.05) is 21.1 Å². The van der Waals surface area contributed by atoms with E-state index in [1.54, 1.807) is 30.9 Å². The normalized spacial score (nSPS) is 9.80. The zero-order valence-electron chi connectivity index (χ0n) is 7.38. The maximum absolute atomic E-state index is 11.1. The monoisotopic (exact) mass is 144 g/mol. The van der Waals surface area contributed by atoms with Gasteiger partial charge in [0.15, 0.2) is 0 Å². The second kappa shape index (κ2) is 3.44. The quantitative estimate of drug-likeness (QED) is 0.538. The van der Waals surface area contributed by atoms with Gasteiger partial charge in [0.25, 0.3) is 0 Å². The van der Waals surface area contributed by atoms with E-state index in [-0.39, 0.29) is 12.1 Å². The summed E-state index contributed by atoms with van der Waals surface area (Å²) < 4.78 is 0. The van der Waals surface area contributed by atoms with Crippen molar-refractivity contribution in [3.63, 3.8) is 0 Å². The van der Waals surface area contributed by atoms with Crippen LogP contribution in [0.3, 0.4) is 0 Å². The van der Waals surface area contributed by atoms with E-state index >= 15 is 0 Å². The van der Waals surface area contributed by atoms with Crippen LogP contribution in [0.5, 0.6) is 0 Å². The van der Waals surface area contributed by atoms with Crippen LogP contribution in [0.4, 0.5) is 4.79 Å². The zero-order valence-corrected chi connectivity index (χ0v) is 7.38. The Hall–Kier alpha value is -0.730. The SMILES string of the molecule is CC(C)N(C)C(=O)N(C)C. The van der Waals surface area contributed by atoms with Crippen molar-refractivity contribution in [2.24, 2.45) is 0 Å². The molecule has 0 aliphatic heterocycles. The molecular formula is C7H16N2O. The van der Waals surface area contributed by atoms with E-state index in [9.17, 15) is 4.79 Å². The summed E-state index contributed by atoms with van der Waals surface area (Å²) in [5, 5.41) is 0. The van der Waals surface area contributed by atoms with Gasteiger partial charge in [-0.3, -0.25) is 0 Å². The van der Waals surface area contributed by atoms with Crippen LogP contribution in [0.25, 0.3) is 0 Å². The maximum Gasteiger partial charge on any atom is 0.319 e. The molecule has 2 amide bonds. The fourth-order valence-electron chi connectivity index (χ4n) is 0.536. The van der Waals surface area contributed by atoms with Gasteiger partial charge in [0.05, 0.1) is 0 Å². The number of amides is 2. The Bertz CT molecular complexity index is 121. The van der Waals surface area contributed by atoms with Gasteiger partial charge < -0.3 is 9.80 Å². The highest BCUT2D eigenvalue weighted by atomic mass is 16.2. The molecule has 0 heterocycles. The molecular weight excluding hydrogens is 128 g/mol. The van der Waals surface area contributed by atoms with Gasteiger partial charge in [-0.15, -0.1) is 0 Å². The maximum atomic E-state index is 11.1. The van der Waals surface area contributed by atoms with E-state index in [2.05, 4.69) is 0 Å². The fourth-order valence-corrected chi connectivity index (χ4v) is 0.536. The molecule has 0 saturated heterocycles. The van der Waals surface area contributed by atoms with Crippen molar-refractivity contribution < 1.29 is 4.79 Å². The Morgan fingerprint density at radius 2 is 1.60 bits per heavy atom. The highest BCUT2D eigenvalue weighted by Gasteiger charge is 2.12. The molecule has 0 saturated carbocycles. The summed E-state index contributed by atoms with van der Waals surface area (Å²) in [4.78, 5) is 14.4. The predicted molar refractivity (Wildman–Crippen MR) is 42.0 cm³/mol. The first-order valence-corrected chi connectivity index (χ1v) is 3.41. The molecule has 0 aliphatic carbocycles. The molecule has 0 atom stereocenters. The molecule has 0 unspecified atom stereocenters. The minimum absolute atomic E-state index is 0.0509. The Morgan fingerprint density at radius 3 is 1.70 bits per heavy atom. The van der Waals surface area contributed by atoms with Crippen LogP contribution in [0.1, 0.15) is 13.8 Å². The summed E-state index contributed by atoms with van der Waals surface area (Å²) in [6.45, 7) is 3.98. The number of hydrogen-bond acceptors (Lipinski definition) is 1. The molecule has 0 fully saturated rings. The molecule has 0 radical (unpaired) electrons. The van der Waals surface area contributed by atoms with Crippen LogP contribution in [0.2, 0.25) is 0 Å². The summed E-state index contributed by atoms with van der Waals surface area (Å²) in [6, 6.07) is 0.324. The molecule has 0 N–H and O–H groups in total. The second-order valence-electron chi connectivity index (χ2n) is 2.88. The van der Waals surface area contributed by atoms with Gasteiger partial charge in [-0.05, 0) is 13.8 Å². The average Bonchev–Trinajstić information content (AvgIpc) is 1.84. The van der Waals surface area contributed by atoms with E-state index in [0.29, 0.717) is 0 Å². The van der Waals surface area contributed by atoms with E-state index < -0.39 is 0 Å². The first kappa shape index (κ1) is 9.27. The lowest BCUT2D eigenvalue weighted by molar-refractivity contribution is 0.171. The van der Waals surface area contributed by atoms with Gasteiger partial charge >= 0.3 is 6.03 Å². The van der Waals surface area contributed by atoms with Crippen LogP contribution >= 0.6 is 0 Å². The Kier molecular flexibility index (Phi) is 3.19. The summed E-state index contributed by atoms with van der Waals surface area (Å²) >= 11 is 0. The van der Waals surface area contributed by atoms with Crippen molar-refractivity contribution in [3.05, 3.63) is 0 Å². The fraction of sp³-hybridized carbons (Fsp3) is 0.857. The summed E-state index contributed by atoms with van der Waals surface area (Å²) in [6.07, 6.45) is 0. The van der Waals surface area contributed by atoms with E-state index in [1.165, 1.54) is 0 Å². The highest BCUT2D eigenvalue weighted by molar-refractivity contribution is 5.73. The zero-order chi connectivity index (χ0) is 8.31. The number of hydrogen-bond donors (Lipinski definition) is 0. The van der Waals surface area contributed by atoms with Gasteiger partial charge in [0.2, 0.25) is 0 Å². The lowest BCUT2D eigenvalue weighted by atomic mass is 10.4. The first-order chi connectivity index (χ1) is 4.46. The molecule has 0 aromatic carbocycles. The van der Waals surface area contributed by atoms with Crippen LogP contribution < -0.4 is 0 Å². The topological polar surface area (TPSA) is 23.6 Å². The van der Waals surface area contributed by atoms with Gasteiger partial charge in [-0.1, -0.05) is 0 Å². The third kappa shape index (κ3) is 2.25. The molecule has 0 bridgehead atoms. The highest BCUT2D eigenvalue weighted by Crippen LogP contribution is 1.96. The molecule has 60 valence electrons. The Labute approximate surface area is 62.6 Å². The molecule has 0 spiro atoms. The molecule has 3 heteroatoms.